The highest BCUT2D eigenvalue weighted by Crippen LogP contribution is 2.71. The Labute approximate surface area is 229 Å². The van der Waals surface area contributed by atoms with Crippen molar-refractivity contribution in [3.05, 3.63) is 36.9 Å². The number of thioether (sulfide) groups is 1. The number of nitrogens with zero attached hydrogens (tertiary/aromatic N) is 2. The van der Waals surface area contributed by atoms with Crippen molar-refractivity contribution in [1.29, 1.82) is 0 Å². The summed E-state index contributed by atoms with van der Waals surface area (Å²) in [7, 11) is 1.60. The average Bonchev–Trinajstić information content (AvgIpc) is 3.47. The Bertz CT molecular complexity index is 1050. The topological polar surface area (TPSA) is 96.4 Å². The lowest BCUT2D eigenvalue weighted by Gasteiger charge is -2.37. The molecular formula is C29H40N2O6S. The number of benzene rings is 1. The second-order valence-corrected chi connectivity index (χ2v) is 12.5. The van der Waals surface area contributed by atoms with Crippen LogP contribution in [0.15, 0.2) is 36.9 Å². The van der Waals surface area contributed by atoms with Crippen molar-refractivity contribution < 1.29 is 29.0 Å². The second kappa shape index (κ2) is 11.7. The smallest absolute Gasteiger partial charge is 0.311 e. The third-order valence-electron chi connectivity index (χ3n) is 8.32. The van der Waals surface area contributed by atoms with E-state index in [2.05, 4.69) is 6.58 Å². The zero-order valence-corrected chi connectivity index (χ0v) is 23.5. The van der Waals surface area contributed by atoms with E-state index in [1.807, 2.05) is 31.2 Å². The molecule has 3 aliphatic rings. The molecule has 208 valence electrons. The SMILES string of the molecule is C=CCN(C(=O)C1N(CCCCCCO)C(=O)[C@@H]2[C@@H](C(=O)OCC)[C@@]3(C)CCC12S3)c1ccc(OC)cc1. The molecule has 2 amide bonds. The first kappa shape index (κ1) is 28.5. The van der Waals surface area contributed by atoms with Crippen LogP contribution in [-0.2, 0) is 19.1 Å². The molecule has 4 rings (SSSR count). The van der Waals surface area contributed by atoms with E-state index < -0.39 is 27.4 Å². The second-order valence-electron chi connectivity index (χ2n) is 10.6. The van der Waals surface area contributed by atoms with Crippen LogP contribution in [0.5, 0.6) is 5.75 Å². The van der Waals surface area contributed by atoms with Crippen LogP contribution in [0.2, 0.25) is 0 Å². The van der Waals surface area contributed by atoms with Crippen LogP contribution in [0.25, 0.3) is 0 Å². The Morgan fingerprint density at radius 2 is 1.92 bits per heavy atom. The number of hydrogen-bond donors (Lipinski definition) is 1. The number of esters is 1. The van der Waals surface area contributed by atoms with Crippen molar-refractivity contribution in [3.63, 3.8) is 0 Å². The molecule has 2 unspecified atom stereocenters. The number of amides is 2. The summed E-state index contributed by atoms with van der Waals surface area (Å²) in [5.74, 6) is -1.07. The summed E-state index contributed by atoms with van der Waals surface area (Å²) in [6.07, 6.45) is 6.30. The van der Waals surface area contributed by atoms with Crippen LogP contribution < -0.4 is 9.64 Å². The van der Waals surface area contributed by atoms with Gasteiger partial charge in [-0.1, -0.05) is 18.9 Å². The molecule has 8 nitrogen and oxygen atoms in total. The Morgan fingerprint density at radius 3 is 2.55 bits per heavy atom. The number of aliphatic hydroxyl groups is 1. The summed E-state index contributed by atoms with van der Waals surface area (Å²) in [6.45, 7) is 8.83. The molecule has 3 heterocycles. The van der Waals surface area contributed by atoms with Crippen LogP contribution >= 0.6 is 11.8 Å². The van der Waals surface area contributed by atoms with E-state index in [4.69, 9.17) is 14.6 Å². The number of fused-ring (bicyclic) bond motifs is 1. The maximum atomic E-state index is 14.5. The number of hydrogen-bond acceptors (Lipinski definition) is 7. The standard InChI is InChI=1S/C29H40N2O6S/c1-5-17-30(20-11-13-21(36-4)14-12-20)26(34)24-29-16-15-28(3,38-29)23(27(35)37-6-2)22(29)25(33)31(24)18-9-7-8-10-19-32/h5,11-14,22-24,32H,1,6-10,15-19H2,2-4H3/t22-,23-,24?,28+,29?/m0/s1. The molecule has 3 saturated heterocycles. The van der Waals surface area contributed by atoms with E-state index in [0.29, 0.717) is 37.4 Å². The molecule has 38 heavy (non-hydrogen) atoms. The first-order valence-electron chi connectivity index (χ1n) is 13.6. The summed E-state index contributed by atoms with van der Waals surface area (Å²) in [5.41, 5.74) is 0.705. The van der Waals surface area contributed by atoms with Gasteiger partial charge in [0.1, 0.15) is 11.8 Å². The fourth-order valence-corrected chi connectivity index (χ4v) is 8.98. The van der Waals surface area contributed by atoms with Crippen LogP contribution in [0, 0.1) is 11.8 Å². The van der Waals surface area contributed by atoms with Crippen molar-refractivity contribution in [2.45, 2.75) is 67.9 Å². The van der Waals surface area contributed by atoms with Crippen molar-refractivity contribution in [3.8, 4) is 5.75 Å². The Morgan fingerprint density at radius 1 is 1.21 bits per heavy atom. The van der Waals surface area contributed by atoms with Gasteiger partial charge in [-0.25, -0.2) is 0 Å². The minimum atomic E-state index is -0.689. The predicted molar refractivity (Wildman–Crippen MR) is 148 cm³/mol. The van der Waals surface area contributed by atoms with Gasteiger partial charge in [0.05, 0.1) is 30.3 Å². The number of unbranched alkanes of at least 4 members (excludes halogenated alkanes) is 3. The summed E-state index contributed by atoms with van der Waals surface area (Å²) >= 11 is 1.65. The van der Waals surface area contributed by atoms with Crippen molar-refractivity contribution in [2.24, 2.45) is 11.8 Å². The number of aliphatic hydroxyl groups excluding tert-OH is 1. The highest BCUT2D eigenvalue weighted by atomic mass is 32.2. The molecule has 3 aliphatic heterocycles. The molecule has 1 aromatic rings. The molecule has 5 atom stereocenters. The molecular weight excluding hydrogens is 504 g/mol. The fourth-order valence-electron chi connectivity index (χ4n) is 6.64. The lowest BCUT2D eigenvalue weighted by molar-refractivity contribution is -0.155. The first-order valence-corrected chi connectivity index (χ1v) is 14.4. The van der Waals surface area contributed by atoms with Crippen molar-refractivity contribution in [2.75, 3.05) is 38.3 Å². The molecule has 3 fully saturated rings. The Kier molecular flexibility index (Phi) is 8.77. The number of methoxy groups -OCH3 is 1. The highest BCUT2D eigenvalue weighted by molar-refractivity contribution is 8.02. The van der Waals surface area contributed by atoms with E-state index in [9.17, 15) is 14.4 Å². The quantitative estimate of drug-likeness (QED) is 0.229. The molecule has 1 aromatic carbocycles. The fraction of sp³-hybridized carbons (Fsp3) is 0.621. The van der Waals surface area contributed by atoms with E-state index in [0.717, 1.165) is 25.7 Å². The van der Waals surface area contributed by atoms with E-state index >= 15 is 0 Å². The van der Waals surface area contributed by atoms with Crippen LogP contribution in [0.1, 0.15) is 52.4 Å². The summed E-state index contributed by atoms with van der Waals surface area (Å²) in [4.78, 5) is 45.3. The highest BCUT2D eigenvalue weighted by Gasteiger charge is 2.77. The maximum Gasteiger partial charge on any atom is 0.311 e. The van der Waals surface area contributed by atoms with Gasteiger partial charge in [0.2, 0.25) is 5.91 Å². The minimum Gasteiger partial charge on any atom is -0.497 e. The molecule has 0 aromatic heterocycles. The van der Waals surface area contributed by atoms with Gasteiger partial charge in [-0.2, -0.15) is 0 Å². The molecule has 2 bridgehead atoms. The average molecular weight is 545 g/mol. The summed E-state index contributed by atoms with van der Waals surface area (Å²) in [5, 5.41) is 9.14. The van der Waals surface area contributed by atoms with Gasteiger partial charge in [-0.15, -0.1) is 18.3 Å². The van der Waals surface area contributed by atoms with Gasteiger partial charge in [0.25, 0.3) is 5.91 Å². The van der Waals surface area contributed by atoms with E-state index in [1.54, 1.807) is 41.7 Å². The zero-order chi connectivity index (χ0) is 27.5. The van der Waals surface area contributed by atoms with Gasteiger partial charge in [-0.3, -0.25) is 14.4 Å². The molecule has 0 radical (unpaired) electrons. The third-order valence-corrected chi connectivity index (χ3v) is 10.3. The van der Waals surface area contributed by atoms with Gasteiger partial charge >= 0.3 is 5.97 Å². The molecule has 9 heteroatoms. The zero-order valence-electron chi connectivity index (χ0n) is 22.7. The van der Waals surface area contributed by atoms with Crippen LogP contribution in [0.4, 0.5) is 5.69 Å². The minimum absolute atomic E-state index is 0.118. The maximum absolute atomic E-state index is 14.5. The molecule has 0 aliphatic carbocycles. The Hall–Kier alpha value is -2.52. The number of anilines is 1. The molecule has 1 N–H and O–H groups in total. The van der Waals surface area contributed by atoms with Crippen molar-refractivity contribution in [1.82, 2.24) is 4.90 Å². The van der Waals surface area contributed by atoms with Gasteiger partial charge in [0, 0.05) is 30.1 Å². The first-order chi connectivity index (χ1) is 18.3. The number of ether oxygens (including phenoxy) is 2. The van der Waals surface area contributed by atoms with Gasteiger partial charge in [-0.05, 0) is 63.8 Å². The number of rotatable bonds is 13. The number of carbonyl (C=O) groups is 3. The lowest BCUT2D eigenvalue weighted by Crippen LogP contribution is -2.55. The monoisotopic (exact) mass is 544 g/mol. The van der Waals surface area contributed by atoms with Gasteiger partial charge in [0.15, 0.2) is 0 Å². The largest absolute Gasteiger partial charge is 0.497 e. The van der Waals surface area contributed by atoms with E-state index in [1.165, 1.54) is 0 Å². The lowest BCUT2D eigenvalue weighted by atomic mass is 9.66. The van der Waals surface area contributed by atoms with Crippen LogP contribution in [0.3, 0.4) is 0 Å². The molecule has 0 saturated carbocycles. The predicted octanol–water partition coefficient (Wildman–Crippen LogP) is 3.81. The number of carbonyl (C=O) groups excluding carboxylic acids is 3. The normalized spacial score (nSPS) is 29.3. The molecule has 1 spiro atoms. The summed E-state index contributed by atoms with van der Waals surface area (Å²) in [6, 6.07) is 6.62. The van der Waals surface area contributed by atoms with Crippen molar-refractivity contribution >= 4 is 35.2 Å². The number of likely N-dealkylation sites (tertiary alicyclic amines) is 1. The summed E-state index contributed by atoms with van der Waals surface area (Å²) < 4.78 is 9.63. The van der Waals surface area contributed by atoms with E-state index in [-0.39, 0.29) is 31.0 Å². The Balaban J connectivity index is 1.72. The third kappa shape index (κ3) is 4.83. The van der Waals surface area contributed by atoms with Gasteiger partial charge < -0.3 is 24.4 Å². The van der Waals surface area contributed by atoms with Crippen LogP contribution in [-0.4, -0.2) is 76.7 Å².